The summed E-state index contributed by atoms with van der Waals surface area (Å²) in [5.74, 6) is 0. The van der Waals surface area contributed by atoms with Gasteiger partial charge >= 0.3 is 0 Å². The van der Waals surface area contributed by atoms with Crippen LogP contribution in [0, 0.1) is 16.7 Å². The molecule has 0 amide bonds. The highest BCUT2D eigenvalue weighted by molar-refractivity contribution is 5.73. The summed E-state index contributed by atoms with van der Waals surface area (Å²) in [6.07, 6.45) is 2.44. The summed E-state index contributed by atoms with van der Waals surface area (Å²) in [7, 11) is 0. The highest BCUT2D eigenvalue weighted by Crippen LogP contribution is 1.78. The predicted octanol–water partition coefficient (Wildman–Crippen LogP) is -0.0623. The van der Waals surface area contributed by atoms with E-state index >= 15 is 0 Å². The normalized spacial score (nSPS) is 13.4. The van der Waals surface area contributed by atoms with Gasteiger partial charge in [0.1, 0.15) is 6.04 Å². The van der Waals surface area contributed by atoms with Crippen molar-refractivity contribution in [3.8, 4) is 6.07 Å². The molecule has 0 radical (unpaired) electrons. The Morgan fingerprint density at radius 2 is 2.50 bits per heavy atom. The van der Waals surface area contributed by atoms with Crippen LogP contribution < -0.4 is 11.1 Å². The molecule has 0 fully saturated rings. The average Bonchev–Trinajstić information content (AvgIpc) is 1.99. The number of nitrogens with two attached hydrogens (primary N) is 1. The fourth-order valence-electron chi connectivity index (χ4n) is 0.300. The highest BCUT2D eigenvalue weighted by Gasteiger charge is 1.91. The number of nitrogens with one attached hydrogen (secondary N) is 2. The van der Waals surface area contributed by atoms with Crippen LogP contribution in [0.3, 0.4) is 0 Å². The number of hydrogen-bond acceptors (Lipinski definition) is 4. The minimum absolute atomic E-state index is 0.265. The Kier molecular flexibility index (Phi) is 3.73. The highest BCUT2D eigenvalue weighted by atomic mass is 14.9. The summed E-state index contributed by atoms with van der Waals surface area (Å²) >= 11 is 0. The van der Waals surface area contributed by atoms with Crippen LogP contribution in [0.25, 0.3) is 0 Å². The van der Waals surface area contributed by atoms with Crippen LogP contribution in [0.4, 0.5) is 0 Å². The summed E-state index contributed by atoms with van der Waals surface area (Å²) in [6.45, 7) is 1.70. The summed E-state index contributed by atoms with van der Waals surface area (Å²) in [6, 6.07) is 1.69. The SMILES string of the molecule is CC(C#N)N/C=C(/N)C=N. The standard InChI is InChI=1S/C6H10N4/c1-5(2-7)10-4-6(9)3-8/h3-5,8,10H,9H2,1H3/b6-4+,8-3?. The Balaban J connectivity index is 3.74. The Morgan fingerprint density at radius 3 is 2.90 bits per heavy atom. The van der Waals surface area contributed by atoms with E-state index in [2.05, 4.69) is 5.32 Å². The molecule has 0 aromatic rings. The van der Waals surface area contributed by atoms with Gasteiger partial charge in [-0.25, -0.2) is 0 Å². The smallest absolute Gasteiger partial charge is 0.111 e. The van der Waals surface area contributed by atoms with Crippen molar-refractivity contribution >= 4 is 6.21 Å². The van der Waals surface area contributed by atoms with Gasteiger partial charge in [0.25, 0.3) is 0 Å². The van der Waals surface area contributed by atoms with Crippen molar-refractivity contribution in [1.29, 1.82) is 10.7 Å². The third-order valence-corrected chi connectivity index (χ3v) is 0.860. The zero-order chi connectivity index (χ0) is 7.98. The molecular formula is C6H10N4. The molecule has 0 bridgehead atoms. The van der Waals surface area contributed by atoms with Crippen molar-refractivity contribution in [3.05, 3.63) is 11.9 Å². The molecule has 0 aromatic carbocycles. The minimum Gasteiger partial charge on any atom is -0.396 e. The second-order valence-electron chi connectivity index (χ2n) is 1.81. The molecule has 1 atom stereocenters. The summed E-state index contributed by atoms with van der Waals surface area (Å²) in [4.78, 5) is 0. The Bertz CT molecular complexity index is 177. The van der Waals surface area contributed by atoms with Crippen LogP contribution in [0.2, 0.25) is 0 Å². The van der Waals surface area contributed by atoms with E-state index in [0.717, 1.165) is 6.21 Å². The second kappa shape index (κ2) is 4.39. The minimum atomic E-state index is -0.265. The van der Waals surface area contributed by atoms with E-state index in [4.69, 9.17) is 16.4 Å². The van der Waals surface area contributed by atoms with E-state index in [9.17, 15) is 0 Å². The lowest BCUT2D eigenvalue weighted by Gasteiger charge is -2.00. The van der Waals surface area contributed by atoms with Crippen LogP contribution in [0.5, 0.6) is 0 Å². The monoisotopic (exact) mass is 138 g/mol. The van der Waals surface area contributed by atoms with Gasteiger partial charge in [-0.3, -0.25) is 0 Å². The molecule has 10 heavy (non-hydrogen) atoms. The largest absolute Gasteiger partial charge is 0.396 e. The van der Waals surface area contributed by atoms with Gasteiger partial charge < -0.3 is 16.5 Å². The molecule has 54 valence electrons. The number of rotatable bonds is 3. The molecule has 4 heteroatoms. The van der Waals surface area contributed by atoms with Gasteiger partial charge in [-0.2, -0.15) is 5.26 Å². The predicted molar refractivity (Wildman–Crippen MR) is 39.3 cm³/mol. The van der Waals surface area contributed by atoms with Crippen LogP contribution in [0.15, 0.2) is 11.9 Å². The molecule has 0 saturated carbocycles. The van der Waals surface area contributed by atoms with Gasteiger partial charge in [0.2, 0.25) is 0 Å². The van der Waals surface area contributed by atoms with Crippen molar-refractivity contribution in [2.75, 3.05) is 0 Å². The van der Waals surface area contributed by atoms with E-state index in [-0.39, 0.29) is 6.04 Å². The molecule has 0 rings (SSSR count). The van der Waals surface area contributed by atoms with Gasteiger partial charge in [-0.15, -0.1) is 0 Å². The van der Waals surface area contributed by atoms with Gasteiger partial charge in [0.05, 0.1) is 11.8 Å². The lowest BCUT2D eigenvalue weighted by Crippen LogP contribution is -2.19. The van der Waals surface area contributed by atoms with Crippen molar-refractivity contribution in [3.63, 3.8) is 0 Å². The first-order chi connectivity index (χ1) is 4.70. The van der Waals surface area contributed by atoms with Crippen LogP contribution in [0.1, 0.15) is 6.92 Å². The fraction of sp³-hybridized carbons (Fsp3) is 0.333. The van der Waals surface area contributed by atoms with Crippen LogP contribution in [-0.2, 0) is 0 Å². The molecule has 0 heterocycles. The quantitative estimate of drug-likeness (QED) is 0.477. The Labute approximate surface area is 59.8 Å². The third-order valence-electron chi connectivity index (χ3n) is 0.860. The summed E-state index contributed by atoms with van der Waals surface area (Å²) in [5.41, 5.74) is 5.53. The maximum absolute atomic E-state index is 8.28. The number of hydrogen-bond donors (Lipinski definition) is 3. The first kappa shape index (κ1) is 8.50. The fourth-order valence-corrected chi connectivity index (χ4v) is 0.300. The van der Waals surface area contributed by atoms with Crippen LogP contribution >= 0.6 is 0 Å². The van der Waals surface area contributed by atoms with E-state index < -0.39 is 0 Å². The van der Waals surface area contributed by atoms with E-state index in [1.807, 2.05) is 6.07 Å². The molecule has 4 N–H and O–H groups in total. The van der Waals surface area contributed by atoms with Crippen LogP contribution in [-0.4, -0.2) is 12.3 Å². The maximum atomic E-state index is 8.28. The Hall–Kier alpha value is -1.50. The molecule has 0 saturated heterocycles. The van der Waals surface area contributed by atoms with Gasteiger partial charge in [-0.1, -0.05) is 0 Å². The van der Waals surface area contributed by atoms with Gasteiger partial charge in [0.15, 0.2) is 0 Å². The molecular weight excluding hydrogens is 128 g/mol. The molecule has 0 aliphatic carbocycles. The van der Waals surface area contributed by atoms with E-state index in [1.165, 1.54) is 6.20 Å². The van der Waals surface area contributed by atoms with Crippen molar-refractivity contribution in [1.82, 2.24) is 5.32 Å². The molecule has 0 spiro atoms. The third kappa shape index (κ3) is 3.50. The van der Waals surface area contributed by atoms with Crippen molar-refractivity contribution in [2.45, 2.75) is 13.0 Å². The number of allylic oxidation sites excluding steroid dienone is 1. The topological polar surface area (TPSA) is 85.7 Å². The van der Waals surface area contributed by atoms with Crippen molar-refractivity contribution in [2.24, 2.45) is 5.73 Å². The van der Waals surface area contributed by atoms with Gasteiger partial charge in [-0.05, 0) is 6.92 Å². The first-order valence-corrected chi connectivity index (χ1v) is 2.82. The van der Waals surface area contributed by atoms with Gasteiger partial charge in [0, 0.05) is 12.4 Å². The average molecular weight is 138 g/mol. The van der Waals surface area contributed by atoms with E-state index in [0.29, 0.717) is 5.70 Å². The molecule has 4 nitrogen and oxygen atoms in total. The lowest BCUT2D eigenvalue weighted by molar-refractivity contribution is 0.778. The van der Waals surface area contributed by atoms with E-state index in [1.54, 1.807) is 6.92 Å². The zero-order valence-electron chi connectivity index (χ0n) is 5.76. The number of nitrogens with zero attached hydrogens (tertiary/aromatic N) is 1. The zero-order valence-corrected chi connectivity index (χ0v) is 5.76. The molecule has 0 aliphatic heterocycles. The van der Waals surface area contributed by atoms with Crippen molar-refractivity contribution < 1.29 is 0 Å². The Morgan fingerprint density at radius 1 is 1.90 bits per heavy atom. The maximum Gasteiger partial charge on any atom is 0.111 e. The molecule has 1 unspecified atom stereocenters. The number of nitriles is 1. The summed E-state index contributed by atoms with van der Waals surface area (Å²) < 4.78 is 0. The lowest BCUT2D eigenvalue weighted by atomic mass is 10.4. The second-order valence-corrected chi connectivity index (χ2v) is 1.81. The molecule has 0 aliphatic rings. The first-order valence-electron chi connectivity index (χ1n) is 2.82. The summed E-state index contributed by atoms with van der Waals surface area (Å²) in [5, 5.41) is 17.6. The molecule has 0 aromatic heterocycles.